The van der Waals surface area contributed by atoms with Crippen molar-refractivity contribution in [1.82, 2.24) is 9.80 Å². The summed E-state index contributed by atoms with van der Waals surface area (Å²) in [5.74, 6) is 1.04. The van der Waals surface area contributed by atoms with E-state index in [0.29, 0.717) is 19.6 Å². The molecule has 6 nitrogen and oxygen atoms in total. The van der Waals surface area contributed by atoms with Crippen molar-refractivity contribution < 1.29 is 18.7 Å². The van der Waals surface area contributed by atoms with E-state index >= 15 is 0 Å². The number of carbonyl (C=O) groups excluding carboxylic acids is 2. The van der Waals surface area contributed by atoms with Crippen molar-refractivity contribution in [2.24, 2.45) is 5.92 Å². The standard InChI is InChI=1S/C25H32N2O4/c1-2-12-26(25(29)23-15-22(23)19-8-4-3-5-9-19)18-24(28)27(16-20-10-6-13-30-20)17-21-11-7-14-31-21/h3-6,8-10,13,21-23H,2,7,11-12,14-18H2,1H3/t21-,22+,23+/m1/s1. The molecule has 6 heteroatoms. The number of hydrogen-bond acceptors (Lipinski definition) is 4. The molecular formula is C25H32N2O4. The van der Waals surface area contributed by atoms with E-state index in [4.69, 9.17) is 9.15 Å². The Hall–Kier alpha value is -2.60. The van der Waals surface area contributed by atoms with Gasteiger partial charge in [-0.3, -0.25) is 9.59 Å². The van der Waals surface area contributed by atoms with Gasteiger partial charge < -0.3 is 19.0 Å². The zero-order valence-corrected chi connectivity index (χ0v) is 18.2. The quantitative estimate of drug-likeness (QED) is 0.582. The lowest BCUT2D eigenvalue weighted by Gasteiger charge is -2.29. The minimum atomic E-state index is -0.0504. The summed E-state index contributed by atoms with van der Waals surface area (Å²) in [7, 11) is 0. The molecule has 1 saturated heterocycles. The molecule has 2 aliphatic rings. The molecular weight excluding hydrogens is 392 g/mol. The third kappa shape index (κ3) is 5.56. The number of carbonyl (C=O) groups is 2. The molecule has 0 bridgehead atoms. The van der Waals surface area contributed by atoms with Gasteiger partial charge in [0.25, 0.3) is 0 Å². The molecule has 0 radical (unpaired) electrons. The fourth-order valence-electron chi connectivity index (χ4n) is 4.45. The molecule has 31 heavy (non-hydrogen) atoms. The average Bonchev–Trinajstić information content (AvgIpc) is 3.12. The maximum absolute atomic E-state index is 13.3. The van der Waals surface area contributed by atoms with Crippen molar-refractivity contribution in [2.75, 3.05) is 26.2 Å². The Morgan fingerprint density at radius 3 is 2.61 bits per heavy atom. The second-order valence-electron chi connectivity index (χ2n) is 8.61. The average molecular weight is 425 g/mol. The van der Waals surface area contributed by atoms with E-state index < -0.39 is 0 Å². The maximum Gasteiger partial charge on any atom is 0.242 e. The third-order valence-electron chi connectivity index (χ3n) is 6.19. The lowest BCUT2D eigenvalue weighted by atomic mass is 10.1. The number of benzene rings is 1. The summed E-state index contributed by atoms with van der Waals surface area (Å²) >= 11 is 0. The van der Waals surface area contributed by atoms with Crippen molar-refractivity contribution >= 4 is 11.8 Å². The number of hydrogen-bond donors (Lipinski definition) is 0. The van der Waals surface area contributed by atoms with Crippen molar-refractivity contribution in [3.8, 4) is 0 Å². The molecule has 2 heterocycles. The van der Waals surface area contributed by atoms with E-state index in [1.54, 1.807) is 16.1 Å². The SMILES string of the molecule is CCCN(CC(=O)N(Cc1ccco1)C[C@H]1CCCO1)C(=O)[C@H]1C[C@H]1c1ccccc1. The predicted molar refractivity (Wildman–Crippen MR) is 117 cm³/mol. The van der Waals surface area contributed by atoms with Crippen LogP contribution in [-0.2, 0) is 20.9 Å². The molecule has 2 aromatic rings. The molecule has 1 saturated carbocycles. The summed E-state index contributed by atoms with van der Waals surface area (Å²) in [6.07, 6.45) is 5.35. The summed E-state index contributed by atoms with van der Waals surface area (Å²) in [4.78, 5) is 30.0. The normalized spacial score (nSPS) is 22.3. The Labute approximate surface area is 184 Å². The van der Waals surface area contributed by atoms with E-state index in [1.165, 1.54) is 5.56 Å². The zero-order valence-electron chi connectivity index (χ0n) is 18.2. The Balaban J connectivity index is 1.41. The van der Waals surface area contributed by atoms with Crippen LogP contribution in [0.3, 0.4) is 0 Å². The first-order valence-electron chi connectivity index (χ1n) is 11.4. The maximum atomic E-state index is 13.3. The number of amides is 2. The molecule has 0 unspecified atom stereocenters. The Kier molecular flexibility index (Phi) is 7.07. The monoisotopic (exact) mass is 424 g/mol. The molecule has 2 amide bonds. The summed E-state index contributed by atoms with van der Waals surface area (Å²) in [5.41, 5.74) is 1.21. The zero-order chi connectivity index (χ0) is 21.6. The van der Waals surface area contributed by atoms with Gasteiger partial charge in [-0.05, 0) is 49.3 Å². The molecule has 3 atom stereocenters. The van der Waals surface area contributed by atoms with Crippen LogP contribution in [0.4, 0.5) is 0 Å². The molecule has 1 aliphatic heterocycles. The number of furan rings is 1. The molecule has 0 N–H and O–H groups in total. The van der Waals surface area contributed by atoms with Gasteiger partial charge in [-0.25, -0.2) is 0 Å². The summed E-state index contributed by atoms with van der Waals surface area (Å²) in [6.45, 7) is 4.42. The van der Waals surface area contributed by atoms with Crippen LogP contribution >= 0.6 is 0 Å². The lowest BCUT2D eigenvalue weighted by molar-refractivity contribution is -0.142. The van der Waals surface area contributed by atoms with Crippen LogP contribution in [0.1, 0.15) is 49.8 Å². The first-order chi connectivity index (χ1) is 15.2. The van der Waals surface area contributed by atoms with Crippen molar-refractivity contribution in [3.05, 3.63) is 60.1 Å². The molecule has 166 valence electrons. The molecule has 1 aliphatic carbocycles. The summed E-state index contributed by atoms with van der Waals surface area (Å²) < 4.78 is 11.2. The summed E-state index contributed by atoms with van der Waals surface area (Å²) in [6, 6.07) is 13.9. The van der Waals surface area contributed by atoms with Crippen molar-refractivity contribution in [2.45, 2.75) is 51.2 Å². The van der Waals surface area contributed by atoms with Gasteiger partial charge in [-0.15, -0.1) is 0 Å². The Morgan fingerprint density at radius 2 is 1.94 bits per heavy atom. The van der Waals surface area contributed by atoms with Gasteiger partial charge in [0, 0.05) is 25.6 Å². The molecule has 1 aromatic carbocycles. The smallest absolute Gasteiger partial charge is 0.242 e. The lowest BCUT2D eigenvalue weighted by Crippen LogP contribution is -2.45. The Bertz CT molecular complexity index is 846. The highest BCUT2D eigenvalue weighted by Gasteiger charge is 2.46. The van der Waals surface area contributed by atoms with Crippen LogP contribution in [0.2, 0.25) is 0 Å². The van der Waals surface area contributed by atoms with Crippen LogP contribution in [0.15, 0.2) is 53.1 Å². The first kappa shape index (κ1) is 21.6. The van der Waals surface area contributed by atoms with Gasteiger partial charge in [0.2, 0.25) is 11.8 Å². The highest BCUT2D eigenvalue weighted by molar-refractivity contribution is 5.88. The largest absolute Gasteiger partial charge is 0.467 e. The highest BCUT2D eigenvalue weighted by atomic mass is 16.5. The highest BCUT2D eigenvalue weighted by Crippen LogP contribution is 2.48. The minimum absolute atomic E-state index is 0.0153. The predicted octanol–water partition coefficient (Wildman–Crippen LogP) is 3.83. The first-order valence-corrected chi connectivity index (χ1v) is 11.4. The van der Waals surface area contributed by atoms with Gasteiger partial charge in [-0.2, -0.15) is 0 Å². The number of ether oxygens (including phenoxy) is 1. The molecule has 4 rings (SSSR count). The number of rotatable bonds is 10. The van der Waals surface area contributed by atoms with Crippen molar-refractivity contribution in [1.29, 1.82) is 0 Å². The number of nitrogens with zero attached hydrogens (tertiary/aromatic N) is 2. The topological polar surface area (TPSA) is 63.0 Å². The van der Waals surface area contributed by atoms with Crippen molar-refractivity contribution in [3.63, 3.8) is 0 Å². The summed E-state index contributed by atoms with van der Waals surface area (Å²) in [5, 5.41) is 0. The molecule has 1 aromatic heterocycles. The molecule has 0 spiro atoms. The second-order valence-corrected chi connectivity index (χ2v) is 8.61. The van der Waals surface area contributed by atoms with Crippen LogP contribution in [0.25, 0.3) is 0 Å². The van der Waals surface area contributed by atoms with E-state index in [1.807, 2.05) is 37.3 Å². The van der Waals surface area contributed by atoms with Crippen LogP contribution in [0.5, 0.6) is 0 Å². The third-order valence-corrected chi connectivity index (χ3v) is 6.19. The van der Waals surface area contributed by atoms with Crippen LogP contribution in [-0.4, -0.2) is 54.0 Å². The van der Waals surface area contributed by atoms with Gasteiger partial charge in [0.1, 0.15) is 5.76 Å². The van der Waals surface area contributed by atoms with E-state index in [-0.39, 0.29) is 36.3 Å². The van der Waals surface area contributed by atoms with Gasteiger partial charge in [0.05, 0.1) is 25.5 Å². The van der Waals surface area contributed by atoms with Crippen LogP contribution in [0, 0.1) is 5.92 Å². The van der Waals surface area contributed by atoms with E-state index in [0.717, 1.165) is 38.1 Å². The second kappa shape index (κ2) is 10.1. The molecule has 2 fully saturated rings. The van der Waals surface area contributed by atoms with Crippen LogP contribution < -0.4 is 0 Å². The fourth-order valence-corrected chi connectivity index (χ4v) is 4.45. The minimum Gasteiger partial charge on any atom is -0.467 e. The van der Waals surface area contributed by atoms with Gasteiger partial charge in [0.15, 0.2) is 0 Å². The van der Waals surface area contributed by atoms with Gasteiger partial charge in [-0.1, -0.05) is 37.3 Å². The van der Waals surface area contributed by atoms with Gasteiger partial charge >= 0.3 is 0 Å². The Morgan fingerprint density at radius 1 is 1.10 bits per heavy atom. The van der Waals surface area contributed by atoms with E-state index in [2.05, 4.69) is 12.1 Å². The fraction of sp³-hybridized carbons (Fsp3) is 0.520. The van der Waals surface area contributed by atoms with E-state index in [9.17, 15) is 9.59 Å².